The molecule has 0 aliphatic carbocycles. The van der Waals surface area contributed by atoms with Crippen LogP contribution < -0.4 is 15.8 Å². The van der Waals surface area contributed by atoms with Gasteiger partial charge in [-0.1, -0.05) is 0 Å². The number of hydrogen-bond donors (Lipinski definition) is 2. The van der Waals surface area contributed by atoms with Crippen molar-refractivity contribution in [2.75, 3.05) is 18.8 Å². The Kier molecular flexibility index (Phi) is 1.75. The van der Waals surface area contributed by atoms with Gasteiger partial charge in [0.1, 0.15) is 11.9 Å². The van der Waals surface area contributed by atoms with Gasteiger partial charge in [0.25, 0.3) is 0 Å². The Labute approximate surface area is 86.0 Å². The molecule has 2 aromatic heterocycles. The van der Waals surface area contributed by atoms with Crippen molar-refractivity contribution in [2.24, 2.45) is 0 Å². The summed E-state index contributed by atoms with van der Waals surface area (Å²) in [7, 11) is 0. The zero-order chi connectivity index (χ0) is 10.3. The van der Waals surface area contributed by atoms with E-state index >= 15 is 0 Å². The number of pyridine rings is 1. The van der Waals surface area contributed by atoms with Gasteiger partial charge < -0.3 is 15.8 Å². The summed E-state index contributed by atoms with van der Waals surface area (Å²) in [5, 5.41) is 7.16. The fourth-order valence-corrected chi connectivity index (χ4v) is 1.49. The van der Waals surface area contributed by atoms with Crippen LogP contribution in [0.3, 0.4) is 0 Å². The fourth-order valence-electron chi connectivity index (χ4n) is 1.49. The Morgan fingerprint density at radius 3 is 3.07 bits per heavy atom. The van der Waals surface area contributed by atoms with Gasteiger partial charge in [0.05, 0.1) is 6.20 Å². The van der Waals surface area contributed by atoms with Crippen LogP contribution in [0.2, 0.25) is 0 Å². The summed E-state index contributed by atoms with van der Waals surface area (Å²) in [4.78, 5) is 4.03. The summed E-state index contributed by atoms with van der Waals surface area (Å²) in [5.74, 6) is 1.07. The van der Waals surface area contributed by atoms with Crippen molar-refractivity contribution < 1.29 is 4.74 Å². The lowest BCUT2D eigenvalue weighted by Gasteiger charge is -2.27. The molecule has 1 fully saturated rings. The number of nitrogens with two attached hydrogens (primary N) is 1. The average Bonchev–Trinajstić information content (AvgIpc) is 2.50. The molecule has 2 aromatic rings. The third-order valence-electron chi connectivity index (χ3n) is 2.37. The van der Waals surface area contributed by atoms with Gasteiger partial charge in [-0.05, 0) is 12.1 Å². The second-order valence-corrected chi connectivity index (χ2v) is 3.54. The standard InChI is InChI=1S/C9H11N5O/c10-9-12-8-2-1-6(5-14(8)13-9)15-7-3-11-4-7/h1-2,5,7,11H,3-4H2,(H2,10,13). The predicted molar refractivity (Wildman–Crippen MR) is 54.7 cm³/mol. The van der Waals surface area contributed by atoms with Crippen molar-refractivity contribution in [2.45, 2.75) is 6.10 Å². The monoisotopic (exact) mass is 205 g/mol. The van der Waals surface area contributed by atoms with E-state index in [4.69, 9.17) is 10.5 Å². The molecule has 0 radical (unpaired) electrons. The molecular weight excluding hydrogens is 194 g/mol. The smallest absolute Gasteiger partial charge is 0.240 e. The first-order valence-corrected chi connectivity index (χ1v) is 4.80. The minimum Gasteiger partial charge on any atom is -0.486 e. The number of hydrogen-bond acceptors (Lipinski definition) is 5. The number of aromatic nitrogens is 3. The van der Waals surface area contributed by atoms with Crippen molar-refractivity contribution in [1.29, 1.82) is 0 Å². The first kappa shape index (κ1) is 8.49. The molecule has 78 valence electrons. The van der Waals surface area contributed by atoms with Gasteiger partial charge in [0.2, 0.25) is 5.95 Å². The van der Waals surface area contributed by atoms with Crippen LogP contribution in [-0.4, -0.2) is 33.8 Å². The second kappa shape index (κ2) is 3.09. The maximum Gasteiger partial charge on any atom is 0.240 e. The van der Waals surface area contributed by atoms with Gasteiger partial charge in [0.15, 0.2) is 5.65 Å². The topological polar surface area (TPSA) is 77.5 Å². The highest BCUT2D eigenvalue weighted by molar-refractivity contribution is 5.43. The Morgan fingerprint density at radius 2 is 2.33 bits per heavy atom. The minimum atomic E-state index is 0.267. The third-order valence-corrected chi connectivity index (χ3v) is 2.37. The van der Waals surface area contributed by atoms with E-state index in [2.05, 4.69) is 15.4 Å². The summed E-state index contributed by atoms with van der Waals surface area (Å²) in [5.41, 5.74) is 6.21. The first-order chi connectivity index (χ1) is 7.31. The Balaban J connectivity index is 1.90. The van der Waals surface area contributed by atoms with E-state index in [1.807, 2.05) is 12.1 Å². The number of nitrogen functional groups attached to an aromatic ring is 1. The maximum absolute atomic E-state index is 5.68. The molecule has 3 rings (SSSR count). The van der Waals surface area contributed by atoms with E-state index in [1.165, 1.54) is 0 Å². The third kappa shape index (κ3) is 1.48. The van der Waals surface area contributed by atoms with Crippen molar-refractivity contribution in [1.82, 2.24) is 19.9 Å². The van der Waals surface area contributed by atoms with Crippen LogP contribution in [0, 0.1) is 0 Å². The molecule has 6 nitrogen and oxygen atoms in total. The van der Waals surface area contributed by atoms with Crippen molar-refractivity contribution >= 4 is 11.6 Å². The van der Waals surface area contributed by atoms with Crippen molar-refractivity contribution in [3.05, 3.63) is 18.3 Å². The molecule has 0 amide bonds. The molecule has 3 N–H and O–H groups in total. The lowest BCUT2D eigenvalue weighted by molar-refractivity contribution is 0.141. The van der Waals surface area contributed by atoms with E-state index in [-0.39, 0.29) is 12.1 Å². The molecule has 0 atom stereocenters. The summed E-state index contributed by atoms with van der Waals surface area (Å²) in [6.45, 7) is 1.80. The molecule has 1 saturated heterocycles. The highest BCUT2D eigenvalue weighted by Gasteiger charge is 2.18. The van der Waals surface area contributed by atoms with Gasteiger partial charge in [-0.25, -0.2) is 4.52 Å². The molecule has 6 heteroatoms. The molecule has 0 saturated carbocycles. The van der Waals surface area contributed by atoms with Crippen LogP contribution in [0.5, 0.6) is 5.75 Å². The number of ether oxygens (including phenoxy) is 1. The minimum absolute atomic E-state index is 0.267. The van der Waals surface area contributed by atoms with E-state index in [0.29, 0.717) is 0 Å². The number of anilines is 1. The van der Waals surface area contributed by atoms with Crippen molar-refractivity contribution in [3.63, 3.8) is 0 Å². The SMILES string of the molecule is Nc1nc2ccc(OC3CNC3)cn2n1. The molecule has 3 heterocycles. The van der Waals surface area contributed by atoms with E-state index in [1.54, 1.807) is 10.7 Å². The highest BCUT2D eigenvalue weighted by Crippen LogP contribution is 2.15. The molecule has 1 aliphatic rings. The lowest BCUT2D eigenvalue weighted by atomic mass is 10.2. The number of nitrogens with zero attached hydrogens (tertiary/aromatic N) is 3. The molecule has 0 bridgehead atoms. The largest absolute Gasteiger partial charge is 0.486 e. The normalized spacial score (nSPS) is 16.5. The van der Waals surface area contributed by atoms with Crippen LogP contribution in [0.1, 0.15) is 0 Å². The van der Waals surface area contributed by atoms with Gasteiger partial charge in [-0.3, -0.25) is 0 Å². The van der Waals surface area contributed by atoms with E-state index in [0.717, 1.165) is 24.5 Å². The average molecular weight is 205 g/mol. The zero-order valence-electron chi connectivity index (χ0n) is 8.05. The summed E-state index contributed by atoms with van der Waals surface area (Å²) in [6, 6.07) is 3.71. The quantitative estimate of drug-likeness (QED) is 0.701. The summed E-state index contributed by atoms with van der Waals surface area (Å²) >= 11 is 0. The van der Waals surface area contributed by atoms with Crippen LogP contribution in [0.25, 0.3) is 5.65 Å². The van der Waals surface area contributed by atoms with Crippen LogP contribution in [-0.2, 0) is 0 Å². The first-order valence-electron chi connectivity index (χ1n) is 4.80. The molecular formula is C9H11N5O. The van der Waals surface area contributed by atoms with Crippen LogP contribution in [0.15, 0.2) is 18.3 Å². The van der Waals surface area contributed by atoms with Crippen LogP contribution >= 0.6 is 0 Å². The Morgan fingerprint density at radius 1 is 1.47 bits per heavy atom. The molecule has 0 aromatic carbocycles. The maximum atomic E-state index is 5.68. The number of nitrogens with one attached hydrogen (secondary N) is 1. The van der Waals surface area contributed by atoms with Gasteiger partial charge in [0, 0.05) is 13.1 Å². The van der Waals surface area contributed by atoms with Crippen LogP contribution in [0.4, 0.5) is 5.95 Å². The second-order valence-electron chi connectivity index (χ2n) is 3.54. The summed E-state index contributed by atoms with van der Waals surface area (Å²) in [6.07, 6.45) is 2.06. The molecule has 15 heavy (non-hydrogen) atoms. The fraction of sp³-hybridized carbons (Fsp3) is 0.333. The van der Waals surface area contributed by atoms with Gasteiger partial charge >= 0.3 is 0 Å². The predicted octanol–water partition coefficient (Wildman–Crippen LogP) is -0.338. The highest BCUT2D eigenvalue weighted by atomic mass is 16.5. The number of rotatable bonds is 2. The lowest BCUT2D eigenvalue weighted by Crippen LogP contribution is -2.50. The number of fused-ring (bicyclic) bond motifs is 1. The van der Waals surface area contributed by atoms with Gasteiger partial charge in [-0.15, -0.1) is 5.10 Å². The molecule has 0 unspecified atom stereocenters. The Bertz CT molecular complexity index is 490. The summed E-state index contributed by atoms with van der Waals surface area (Å²) < 4.78 is 7.30. The van der Waals surface area contributed by atoms with Gasteiger partial charge in [-0.2, -0.15) is 4.98 Å². The van der Waals surface area contributed by atoms with E-state index in [9.17, 15) is 0 Å². The van der Waals surface area contributed by atoms with E-state index < -0.39 is 0 Å². The molecule has 0 spiro atoms. The Hall–Kier alpha value is -1.82. The molecule has 1 aliphatic heterocycles. The van der Waals surface area contributed by atoms with Crippen molar-refractivity contribution in [3.8, 4) is 5.75 Å². The zero-order valence-corrected chi connectivity index (χ0v) is 8.05.